The highest BCUT2D eigenvalue weighted by Crippen LogP contribution is 2.21. The van der Waals surface area contributed by atoms with E-state index in [1.54, 1.807) is 7.05 Å². The van der Waals surface area contributed by atoms with Crippen LogP contribution in [0.3, 0.4) is 0 Å². The lowest BCUT2D eigenvalue weighted by Gasteiger charge is -2.34. The third-order valence-corrected chi connectivity index (χ3v) is 4.99. The lowest BCUT2D eigenvalue weighted by Crippen LogP contribution is -2.47. The zero-order valence-corrected chi connectivity index (χ0v) is 15.3. The van der Waals surface area contributed by atoms with Crippen molar-refractivity contribution in [1.29, 1.82) is 0 Å². The lowest BCUT2D eigenvalue weighted by atomic mass is 9.90. The fourth-order valence-corrected chi connectivity index (χ4v) is 3.51. The number of likely N-dealkylation sites (tertiary alicyclic amines) is 1. The van der Waals surface area contributed by atoms with Gasteiger partial charge in [0, 0.05) is 33.2 Å². The summed E-state index contributed by atoms with van der Waals surface area (Å²) in [7, 11) is -1.37. The Morgan fingerprint density at radius 3 is 2.46 bits per heavy atom. The molecule has 0 saturated carbocycles. The van der Waals surface area contributed by atoms with Crippen molar-refractivity contribution >= 4 is 16.0 Å². The van der Waals surface area contributed by atoms with Crippen molar-refractivity contribution in [2.24, 2.45) is 10.9 Å². The molecule has 0 amide bonds. The smallest absolute Gasteiger partial charge is 0.208 e. The fraction of sp³-hybridized carbons (Fsp3) is 0.588. The van der Waals surface area contributed by atoms with Crippen LogP contribution in [-0.2, 0) is 16.4 Å². The SMILES string of the molecule is CN=C(NCCNS(C)(=O)=O)N1CCC(Cc2ccccc2)CC1. The number of sulfonamides is 1. The molecular formula is C17H28N4O2S. The van der Waals surface area contributed by atoms with Crippen LogP contribution in [0.1, 0.15) is 18.4 Å². The number of benzene rings is 1. The Morgan fingerprint density at radius 1 is 1.21 bits per heavy atom. The molecule has 1 fully saturated rings. The van der Waals surface area contributed by atoms with E-state index in [1.807, 2.05) is 0 Å². The minimum Gasteiger partial charge on any atom is -0.355 e. The number of nitrogens with zero attached hydrogens (tertiary/aromatic N) is 2. The number of aliphatic imine (C=N–C) groups is 1. The quantitative estimate of drug-likeness (QED) is 0.456. The minimum absolute atomic E-state index is 0.363. The third kappa shape index (κ3) is 6.49. The summed E-state index contributed by atoms with van der Waals surface area (Å²) in [4.78, 5) is 6.56. The van der Waals surface area contributed by atoms with Gasteiger partial charge in [-0.1, -0.05) is 30.3 Å². The average Bonchev–Trinajstić information content (AvgIpc) is 2.56. The summed E-state index contributed by atoms with van der Waals surface area (Å²) < 4.78 is 24.6. The number of nitrogens with one attached hydrogen (secondary N) is 2. The van der Waals surface area contributed by atoms with E-state index >= 15 is 0 Å². The van der Waals surface area contributed by atoms with Crippen LogP contribution in [0.5, 0.6) is 0 Å². The van der Waals surface area contributed by atoms with Crippen molar-refractivity contribution in [2.45, 2.75) is 19.3 Å². The maximum Gasteiger partial charge on any atom is 0.208 e. The second-order valence-electron chi connectivity index (χ2n) is 6.26. The predicted molar refractivity (Wildman–Crippen MR) is 98.7 cm³/mol. The molecule has 1 saturated heterocycles. The molecule has 1 aromatic rings. The first-order chi connectivity index (χ1) is 11.5. The minimum atomic E-state index is -3.13. The van der Waals surface area contributed by atoms with E-state index in [0.29, 0.717) is 19.0 Å². The molecule has 1 aliphatic rings. The van der Waals surface area contributed by atoms with Crippen molar-refractivity contribution < 1.29 is 8.42 Å². The van der Waals surface area contributed by atoms with Crippen molar-refractivity contribution in [2.75, 3.05) is 39.5 Å². The Morgan fingerprint density at radius 2 is 1.88 bits per heavy atom. The summed E-state index contributed by atoms with van der Waals surface area (Å²) in [6.45, 7) is 2.86. The maximum atomic E-state index is 11.1. The Bertz CT molecular complexity index is 623. The molecule has 0 unspecified atom stereocenters. The topological polar surface area (TPSA) is 73.8 Å². The summed E-state index contributed by atoms with van der Waals surface area (Å²) in [5.74, 6) is 1.57. The molecule has 24 heavy (non-hydrogen) atoms. The van der Waals surface area contributed by atoms with Crippen molar-refractivity contribution in [1.82, 2.24) is 14.9 Å². The molecule has 6 nitrogen and oxygen atoms in total. The molecule has 0 radical (unpaired) electrons. The molecule has 134 valence electrons. The van der Waals surface area contributed by atoms with Crippen molar-refractivity contribution in [3.8, 4) is 0 Å². The molecule has 1 aliphatic heterocycles. The molecule has 0 bridgehead atoms. The van der Waals surface area contributed by atoms with Gasteiger partial charge in [-0.05, 0) is 30.7 Å². The van der Waals surface area contributed by atoms with Crippen LogP contribution in [-0.4, -0.2) is 58.8 Å². The van der Waals surface area contributed by atoms with E-state index < -0.39 is 10.0 Å². The van der Waals surface area contributed by atoms with Crippen LogP contribution in [0.2, 0.25) is 0 Å². The number of hydrogen-bond donors (Lipinski definition) is 2. The Hall–Kier alpha value is -1.60. The number of guanidine groups is 1. The van der Waals surface area contributed by atoms with E-state index in [0.717, 1.165) is 38.3 Å². The van der Waals surface area contributed by atoms with Crippen LogP contribution in [0.4, 0.5) is 0 Å². The zero-order valence-electron chi connectivity index (χ0n) is 14.5. The Kier molecular flexibility index (Phi) is 7.05. The predicted octanol–water partition coefficient (Wildman–Crippen LogP) is 1.07. The van der Waals surface area contributed by atoms with Gasteiger partial charge in [0.05, 0.1) is 6.26 Å². The van der Waals surface area contributed by atoms with E-state index in [4.69, 9.17) is 0 Å². The van der Waals surface area contributed by atoms with E-state index in [2.05, 4.69) is 50.3 Å². The molecule has 2 N–H and O–H groups in total. The van der Waals surface area contributed by atoms with Gasteiger partial charge >= 0.3 is 0 Å². The molecular weight excluding hydrogens is 324 g/mol. The summed E-state index contributed by atoms with van der Waals surface area (Å²) >= 11 is 0. The fourth-order valence-electron chi connectivity index (χ4n) is 3.04. The highest BCUT2D eigenvalue weighted by atomic mass is 32.2. The lowest BCUT2D eigenvalue weighted by molar-refractivity contribution is 0.259. The number of piperidine rings is 1. The van der Waals surface area contributed by atoms with Crippen LogP contribution >= 0.6 is 0 Å². The first-order valence-electron chi connectivity index (χ1n) is 8.42. The summed E-state index contributed by atoms with van der Waals surface area (Å²) in [5.41, 5.74) is 1.41. The normalized spacial score (nSPS) is 17.1. The molecule has 7 heteroatoms. The molecule has 2 rings (SSSR count). The first kappa shape index (κ1) is 18.7. The van der Waals surface area contributed by atoms with Crippen molar-refractivity contribution in [3.63, 3.8) is 0 Å². The van der Waals surface area contributed by atoms with Crippen molar-refractivity contribution in [3.05, 3.63) is 35.9 Å². The van der Waals surface area contributed by atoms with Gasteiger partial charge in [-0.15, -0.1) is 0 Å². The molecule has 0 aliphatic carbocycles. The maximum absolute atomic E-state index is 11.1. The zero-order chi connectivity index (χ0) is 17.4. The van der Waals surface area contributed by atoms with Gasteiger partial charge in [-0.25, -0.2) is 13.1 Å². The highest BCUT2D eigenvalue weighted by Gasteiger charge is 2.21. The van der Waals surface area contributed by atoms with Crippen LogP contribution in [0.15, 0.2) is 35.3 Å². The third-order valence-electron chi connectivity index (χ3n) is 4.27. The van der Waals surface area contributed by atoms with Gasteiger partial charge in [0.15, 0.2) is 5.96 Å². The summed E-state index contributed by atoms with van der Waals surface area (Å²) in [5, 5.41) is 3.23. The van der Waals surface area contributed by atoms with Crippen LogP contribution in [0, 0.1) is 5.92 Å². The van der Waals surface area contributed by atoms with Gasteiger partial charge in [0.25, 0.3) is 0 Å². The average molecular weight is 353 g/mol. The Balaban J connectivity index is 1.73. The second-order valence-corrected chi connectivity index (χ2v) is 8.09. The van der Waals surface area contributed by atoms with Gasteiger partial charge in [0.1, 0.15) is 0 Å². The van der Waals surface area contributed by atoms with Crippen LogP contribution in [0.25, 0.3) is 0 Å². The standard InChI is InChI=1S/C17H28N4O2S/c1-18-17(19-10-11-20-24(2,22)23)21-12-8-16(9-13-21)14-15-6-4-3-5-7-15/h3-7,16,20H,8-14H2,1-2H3,(H,18,19). The van der Waals surface area contributed by atoms with E-state index in [1.165, 1.54) is 11.8 Å². The Labute approximate surface area is 145 Å². The van der Waals surface area contributed by atoms with E-state index in [-0.39, 0.29) is 0 Å². The van der Waals surface area contributed by atoms with E-state index in [9.17, 15) is 8.42 Å². The van der Waals surface area contributed by atoms with Crippen LogP contribution < -0.4 is 10.0 Å². The number of hydrogen-bond acceptors (Lipinski definition) is 3. The largest absolute Gasteiger partial charge is 0.355 e. The molecule has 1 heterocycles. The second kappa shape index (κ2) is 9.03. The highest BCUT2D eigenvalue weighted by molar-refractivity contribution is 7.88. The summed E-state index contributed by atoms with van der Waals surface area (Å²) in [6.07, 6.45) is 4.60. The number of rotatable bonds is 6. The summed E-state index contributed by atoms with van der Waals surface area (Å²) in [6, 6.07) is 10.6. The van der Waals surface area contributed by atoms with Gasteiger partial charge in [0.2, 0.25) is 10.0 Å². The monoisotopic (exact) mass is 352 g/mol. The molecule has 0 spiro atoms. The molecule has 0 aromatic heterocycles. The molecule has 0 atom stereocenters. The molecule has 1 aromatic carbocycles. The first-order valence-corrected chi connectivity index (χ1v) is 10.3. The van der Waals surface area contributed by atoms with Gasteiger partial charge < -0.3 is 10.2 Å². The van der Waals surface area contributed by atoms with Gasteiger partial charge in [-0.3, -0.25) is 4.99 Å². The van der Waals surface area contributed by atoms with Gasteiger partial charge in [-0.2, -0.15) is 0 Å².